The van der Waals surface area contributed by atoms with Gasteiger partial charge in [-0.05, 0) is 111 Å². The zero-order chi connectivity index (χ0) is 38.7. The van der Waals surface area contributed by atoms with E-state index in [1.165, 1.54) is 44.5 Å². The fraction of sp³-hybridized carbons (Fsp3) is 0.469. The molecule has 5 nitrogen and oxygen atoms in total. The summed E-state index contributed by atoms with van der Waals surface area (Å²) in [5, 5.41) is 10.4. The Morgan fingerprint density at radius 2 is 1.28 bits per heavy atom. The van der Waals surface area contributed by atoms with Crippen molar-refractivity contribution in [2.24, 2.45) is 35.0 Å². The Labute approximate surface area is 324 Å². The summed E-state index contributed by atoms with van der Waals surface area (Å²) in [7, 11) is 0. The maximum Gasteiger partial charge on any atom is 0.237 e. The minimum Gasteiger partial charge on any atom is -0.242 e. The Bertz CT molecular complexity index is 2160. The molecule has 1 fully saturated rings. The molecule has 5 heteroatoms. The van der Waals surface area contributed by atoms with Crippen LogP contribution in [0.4, 0.5) is 0 Å². The van der Waals surface area contributed by atoms with Gasteiger partial charge in [-0.2, -0.15) is 0 Å². The van der Waals surface area contributed by atoms with Crippen LogP contribution in [0.2, 0.25) is 0 Å². The highest BCUT2D eigenvalue weighted by molar-refractivity contribution is 5.86. The Hall–Kier alpha value is -4.38. The number of benzene rings is 3. The van der Waals surface area contributed by atoms with E-state index in [1.54, 1.807) is 0 Å². The highest BCUT2D eigenvalue weighted by Gasteiger charge is 2.71. The van der Waals surface area contributed by atoms with Crippen molar-refractivity contribution in [1.29, 1.82) is 0 Å². The van der Waals surface area contributed by atoms with E-state index in [0.717, 1.165) is 36.5 Å². The Morgan fingerprint density at radius 1 is 0.667 bits per heavy atom. The molecule has 2 aliphatic rings. The lowest BCUT2D eigenvalue weighted by Crippen LogP contribution is -2.22. The van der Waals surface area contributed by atoms with Gasteiger partial charge in [-0.1, -0.05) is 138 Å². The van der Waals surface area contributed by atoms with Crippen LogP contribution in [0.1, 0.15) is 117 Å². The maximum atomic E-state index is 5.25. The molecule has 3 aromatic carbocycles. The van der Waals surface area contributed by atoms with Crippen molar-refractivity contribution in [3.63, 3.8) is 0 Å². The Balaban J connectivity index is 1.59. The lowest BCUT2D eigenvalue weighted by atomic mass is 9.75. The van der Waals surface area contributed by atoms with Gasteiger partial charge in [0.1, 0.15) is 0 Å². The predicted octanol–water partition coefficient (Wildman–Crippen LogP) is 12.2. The van der Waals surface area contributed by atoms with E-state index in [-0.39, 0.29) is 16.2 Å². The van der Waals surface area contributed by atoms with Crippen molar-refractivity contribution < 1.29 is 0 Å². The largest absolute Gasteiger partial charge is 0.242 e. The molecule has 0 bridgehead atoms. The van der Waals surface area contributed by atoms with Gasteiger partial charge in [0.2, 0.25) is 5.95 Å². The number of allylic oxidation sites excluding steroid dienone is 2. The normalized spacial score (nSPS) is 21.5. The van der Waals surface area contributed by atoms with Crippen LogP contribution in [0.25, 0.3) is 39.9 Å². The van der Waals surface area contributed by atoms with Crippen molar-refractivity contribution >= 4 is 0 Å². The van der Waals surface area contributed by atoms with Crippen LogP contribution < -0.4 is 0 Å². The first-order chi connectivity index (χ1) is 25.6. The SMILES string of the molecule is CC(C)/C=C\[C@]1(C)[C@@H](C)C1(CC(C)C)c1cc2c(cc1-c1nnc(-c3c(CC(C)C)cccc3CC(C)C)n1-c1ncccn1)C(C)(C)c1ccccc1-2. The molecule has 7 rings (SSSR count). The fourth-order valence-electron chi connectivity index (χ4n) is 10.00. The fourth-order valence-corrected chi connectivity index (χ4v) is 10.00. The second-order valence-electron chi connectivity index (χ2n) is 18.7. The number of rotatable bonds is 12. The van der Waals surface area contributed by atoms with Gasteiger partial charge in [0.05, 0.1) is 0 Å². The lowest BCUT2D eigenvalue weighted by Gasteiger charge is -2.29. The summed E-state index contributed by atoms with van der Waals surface area (Å²) in [4.78, 5) is 9.83. The quantitative estimate of drug-likeness (QED) is 0.120. The molecule has 3 atom stereocenters. The molecule has 0 saturated heterocycles. The predicted molar refractivity (Wildman–Crippen MR) is 225 cm³/mol. The van der Waals surface area contributed by atoms with E-state index < -0.39 is 0 Å². The number of hydrogen-bond donors (Lipinski definition) is 0. The maximum absolute atomic E-state index is 5.25. The number of hydrogen-bond acceptors (Lipinski definition) is 4. The zero-order valence-electron chi connectivity index (χ0n) is 34.8. The van der Waals surface area contributed by atoms with Crippen LogP contribution in [0.15, 0.2) is 85.2 Å². The molecule has 2 aromatic heterocycles. The number of fused-ring (bicyclic) bond motifs is 3. The monoisotopic (exact) mass is 719 g/mol. The molecule has 0 aliphatic heterocycles. The van der Waals surface area contributed by atoms with E-state index >= 15 is 0 Å². The van der Waals surface area contributed by atoms with Crippen molar-refractivity contribution in [2.75, 3.05) is 0 Å². The molecule has 0 radical (unpaired) electrons. The summed E-state index contributed by atoms with van der Waals surface area (Å²) >= 11 is 0. The molecule has 1 unspecified atom stereocenters. The second kappa shape index (κ2) is 14.0. The van der Waals surface area contributed by atoms with Crippen LogP contribution in [0.3, 0.4) is 0 Å². The van der Waals surface area contributed by atoms with Crippen molar-refractivity contribution in [3.05, 3.63) is 113 Å². The molecular formula is C49H61N5. The minimum absolute atomic E-state index is 0.0244. The molecule has 0 N–H and O–H groups in total. The van der Waals surface area contributed by atoms with E-state index in [2.05, 4.69) is 154 Å². The first-order valence-corrected chi connectivity index (χ1v) is 20.4. The lowest BCUT2D eigenvalue weighted by molar-refractivity contribution is 0.424. The standard InChI is InChI=1S/C49H61N5/c1-30(2)21-22-48(12)34(9)49(48,29-33(7)8)42-27-38-37-19-13-14-20-40(37)47(10,11)41(38)28-39(42)44-52-53-45(54(44)46-50-23-16-24-51-46)43-35(25-31(3)4)17-15-18-36(43)26-32(5)6/h13-24,27-28,30-34H,25-26,29H2,1-12H3/b22-21-/t34-,48-,49?/m1/s1. The molecule has 5 aromatic rings. The van der Waals surface area contributed by atoms with Gasteiger partial charge in [0.25, 0.3) is 0 Å². The number of nitrogens with zero attached hydrogens (tertiary/aromatic N) is 5. The first-order valence-electron chi connectivity index (χ1n) is 20.4. The second-order valence-corrected chi connectivity index (χ2v) is 18.7. The molecule has 2 aliphatic carbocycles. The summed E-state index contributed by atoms with van der Waals surface area (Å²) in [5.41, 5.74) is 11.3. The summed E-state index contributed by atoms with van der Waals surface area (Å²) in [5.74, 6) is 4.60. The van der Waals surface area contributed by atoms with Crippen molar-refractivity contribution in [3.8, 4) is 39.9 Å². The van der Waals surface area contributed by atoms with E-state index in [4.69, 9.17) is 20.2 Å². The molecular weight excluding hydrogens is 659 g/mol. The van der Waals surface area contributed by atoms with Crippen LogP contribution >= 0.6 is 0 Å². The Morgan fingerprint density at radius 3 is 1.89 bits per heavy atom. The van der Waals surface area contributed by atoms with Gasteiger partial charge in [0, 0.05) is 34.4 Å². The average molecular weight is 720 g/mol. The third-order valence-electron chi connectivity index (χ3n) is 12.6. The van der Waals surface area contributed by atoms with Gasteiger partial charge >= 0.3 is 0 Å². The molecule has 0 spiro atoms. The molecule has 1 saturated carbocycles. The van der Waals surface area contributed by atoms with Crippen molar-refractivity contribution in [2.45, 2.75) is 113 Å². The van der Waals surface area contributed by atoms with Crippen LogP contribution in [0.5, 0.6) is 0 Å². The first kappa shape index (κ1) is 37.9. The van der Waals surface area contributed by atoms with Crippen LogP contribution in [0, 0.1) is 35.0 Å². The van der Waals surface area contributed by atoms with Gasteiger partial charge < -0.3 is 0 Å². The van der Waals surface area contributed by atoms with E-state index in [9.17, 15) is 0 Å². The molecule has 0 amide bonds. The third-order valence-corrected chi connectivity index (χ3v) is 12.6. The zero-order valence-corrected chi connectivity index (χ0v) is 34.8. The van der Waals surface area contributed by atoms with Crippen LogP contribution in [-0.2, 0) is 23.7 Å². The summed E-state index contributed by atoms with van der Waals surface area (Å²) < 4.78 is 2.18. The third kappa shape index (κ3) is 6.16. The molecule has 54 heavy (non-hydrogen) atoms. The van der Waals surface area contributed by atoms with E-state index in [1.807, 2.05) is 18.5 Å². The smallest absolute Gasteiger partial charge is 0.237 e. The van der Waals surface area contributed by atoms with Gasteiger partial charge in [-0.25, -0.2) is 14.5 Å². The summed E-state index contributed by atoms with van der Waals surface area (Å²) in [6.07, 6.45) is 11.6. The Kier molecular flexibility index (Phi) is 9.86. The van der Waals surface area contributed by atoms with Crippen LogP contribution in [-0.4, -0.2) is 24.7 Å². The molecule has 2 heterocycles. The highest BCUT2D eigenvalue weighted by atomic mass is 15.3. The average Bonchev–Trinajstić information content (AvgIpc) is 3.38. The highest BCUT2D eigenvalue weighted by Crippen LogP contribution is 2.74. The van der Waals surface area contributed by atoms with Gasteiger partial charge in [0.15, 0.2) is 11.6 Å². The summed E-state index contributed by atoms with van der Waals surface area (Å²) in [6.45, 7) is 28.2. The number of aromatic nitrogens is 5. The summed E-state index contributed by atoms with van der Waals surface area (Å²) in [6, 6.07) is 22.7. The molecule has 282 valence electrons. The topological polar surface area (TPSA) is 56.5 Å². The van der Waals surface area contributed by atoms with E-state index in [0.29, 0.717) is 35.5 Å². The minimum atomic E-state index is -0.175. The van der Waals surface area contributed by atoms with Crippen molar-refractivity contribution in [1.82, 2.24) is 24.7 Å². The van der Waals surface area contributed by atoms with Gasteiger partial charge in [-0.3, -0.25) is 0 Å². The van der Waals surface area contributed by atoms with Gasteiger partial charge in [-0.15, -0.1) is 10.2 Å².